The Morgan fingerprint density at radius 2 is 2.00 bits per heavy atom. The molecule has 1 rings (SSSR count). The van der Waals surface area contributed by atoms with Crippen LogP contribution in [0, 0.1) is 5.41 Å². The standard InChI is InChI=1S/C7H8N2/c1-9-7-5-3-2-4-6(7)8/h2-5,8H,1H3. The maximum absolute atomic E-state index is 7.28. The van der Waals surface area contributed by atoms with Gasteiger partial charge in [-0.05, 0) is 12.2 Å². The number of hydrogen-bond acceptors (Lipinski definition) is 2. The SMILES string of the molecule is CN=C1C=CC=CC1=N. The lowest BCUT2D eigenvalue weighted by Gasteiger charge is -1.98. The molecule has 1 aliphatic carbocycles. The number of rotatable bonds is 0. The minimum Gasteiger partial charge on any atom is -0.299 e. The van der Waals surface area contributed by atoms with Crippen LogP contribution >= 0.6 is 0 Å². The van der Waals surface area contributed by atoms with Crippen molar-refractivity contribution in [3.63, 3.8) is 0 Å². The summed E-state index contributed by atoms with van der Waals surface area (Å²) in [5.74, 6) is 0. The highest BCUT2D eigenvalue weighted by molar-refractivity contribution is 6.49. The van der Waals surface area contributed by atoms with Crippen molar-refractivity contribution in [3.05, 3.63) is 24.3 Å². The van der Waals surface area contributed by atoms with Crippen molar-refractivity contribution in [2.24, 2.45) is 4.99 Å². The van der Waals surface area contributed by atoms with E-state index in [4.69, 9.17) is 5.41 Å². The lowest BCUT2D eigenvalue weighted by molar-refractivity contribution is 1.44. The van der Waals surface area contributed by atoms with E-state index in [0.717, 1.165) is 5.71 Å². The van der Waals surface area contributed by atoms with Gasteiger partial charge in [0.2, 0.25) is 0 Å². The van der Waals surface area contributed by atoms with Crippen LogP contribution in [0.1, 0.15) is 0 Å². The third-order valence-corrected chi connectivity index (χ3v) is 1.14. The van der Waals surface area contributed by atoms with Gasteiger partial charge in [-0.1, -0.05) is 12.2 Å². The van der Waals surface area contributed by atoms with E-state index in [1.165, 1.54) is 0 Å². The van der Waals surface area contributed by atoms with Gasteiger partial charge in [-0.25, -0.2) is 0 Å². The van der Waals surface area contributed by atoms with E-state index in [2.05, 4.69) is 4.99 Å². The number of allylic oxidation sites excluding steroid dienone is 4. The summed E-state index contributed by atoms with van der Waals surface area (Å²) < 4.78 is 0. The van der Waals surface area contributed by atoms with Gasteiger partial charge in [-0.3, -0.25) is 10.4 Å². The summed E-state index contributed by atoms with van der Waals surface area (Å²) in [4.78, 5) is 3.88. The maximum Gasteiger partial charge on any atom is 0.0820 e. The Kier molecular flexibility index (Phi) is 1.58. The predicted octanol–water partition coefficient (Wildman–Crippen LogP) is 1.20. The fourth-order valence-electron chi connectivity index (χ4n) is 0.669. The fourth-order valence-corrected chi connectivity index (χ4v) is 0.669. The molecule has 0 saturated heterocycles. The second-order valence-electron chi connectivity index (χ2n) is 1.74. The van der Waals surface area contributed by atoms with Crippen molar-refractivity contribution in [2.75, 3.05) is 7.05 Å². The summed E-state index contributed by atoms with van der Waals surface area (Å²) in [6.07, 6.45) is 7.25. The van der Waals surface area contributed by atoms with Gasteiger partial charge >= 0.3 is 0 Å². The number of aliphatic imine (C=N–C) groups is 1. The first-order valence-corrected chi connectivity index (χ1v) is 2.75. The van der Waals surface area contributed by atoms with Gasteiger partial charge in [0.05, 0.1) is 11.4 Å². The van der Waals surface area contributed by atoms with Crippen molar-refractivity contribution in [3.8, 4) is 0 Å². The summed E-state index contributed by atoms with van der Waals surface area (Å²) in [5.41, 5.74) is 1.23. The van der Waals surface area contributed by atoms with Gasteiger partial charge in [0.1, 0.15) is 0 Å². The van der Waals surface area contributed by atoms with E-state index < -0.39 is 0 Å². The quantitative estimate of drug-likeness (QED) is 0.466. The van der Waals surface area contributed by atoms with E-state index in [1.807, 2.05) is 18.2 Å². The zero-order valence-corrected chi connectivity index (χ0v) is 5.26. The molecule has 0 aliphatic heterocycles. The van der Waals surface area contributed by atoms with Gasteiger partial charge in [-0.15, -0.1) is 0 Å². The Morgan fingerprint density at radius 3 is 2.44 bits per heavy atom. The first kappa shape index (κ1) is 5.95. The molecule has 2 heteroatoms. The molecule has 1 N–H and O–H groups in total. The average molecular weight is 120 g/mol. The molecule has 0 aromatic rings. The molecule has 1 aliphatic rings. The largest absolute Gasteiger partial charge is 0.299 e. The summed E-state index contributed by atoms with van der Waals surface area (Å²) in [5, 5.41) is 7.28. The van der Waals surface area contributed by atoms with Gasteiger partial charge in [0.15, 0.2) is 0 Å². The minimum atomic E-state index is 0.486. The highest BCUT2D eigenvalue weighted by atomic mass is 14.7. The van der Waals surface area contributed by atoms with Crippen molar-refractivity contribution < 1.29 is 0 Å². The van der Waals surface area contributed by atoms with Gasteiger partial charge in [0, 0.05) is 7.05 Å². The van der Waals surface area contributed by atoms with Crippen LogP contribution in [0.15, 0.2) is 29.3 Å². The molecular formula is C7H8N2. The maximum atomic E-state index is 7.28. The second-order valence-corrected chi connectivity index (χ2v) is 1.74. The second kappa shape index (κ2) is 2.40. The summed E-state index contributed by atoms with van der Waals surface area (Å²) in [6, 6.07) is 0. The van der Waals surface area contributed by atoms with E-state index in [9.17, 15) is 0 Å². The van der Waals surface area contributed by atoms with E-state index in [1.54, 1.807) is 13.1 Å². The Balaban J connectivity index is 2.91. The first-order valence-electron chi connectivity index (χ1n) is 2.75. The van der Waals surface area contributed by atoms with Crippen molar-refractivity contribution >= 4 is 11.4 Å². The topological polar surface area (TPSA) is 36.2 Å². The minimum absolute atomic E-state index is 0.486. The van der Waals surface area contributed by atoms with E-state index >= 15 is 0 Å². The van der Waals surface area contributed by atoms with Crippen LogP contribution in [-0.4, -0.2) is 18.5 Å². The van der Waals surface area contributed by atoms with Crippen LogP contribution in [0.2, 0.25) is 0 Å². The van der Waals surface area contributed by atoms with Crippen LogP contribution in [0.3, 0.4) is 0 Å². The molecule has 2 nitrogen and oxygen atoms in total. The normalized spacial score (nSPS) is 21.4. The molecule has 0 aromatic carbocycles. The Bertz CT molecular complexity index is 209. The molecule has 9 heavy (non-hydrogen) atoms. The monoisotopic (exact) mass is 120 g/mol. The molecule has 0 aromatic heterocycles. The Labute approximate surface area is 54.1 Å². The van der Waals surface area contributed by atoms with Crippen LogP contribution < -0.4 is 0 Å². The molecule has 0 amide bonds. The van der Waals surface area contributed by atoms with Crippen molar-refractivity contribution in [1.29, 1.82) is 5.41 Å². The summed E-state index contributed by atoms with van der Waals surface area (Å²) in [7, 11) is 1.69. The average Bonchev–Trinajstić information content (AvgIpc) is 1.89. The highest BCUT2D eigenvalue weighted by Gasteiger charge is 1.99. The number of nitrogens with zero attached hydrogens (tertiary/aromatic N) is 1. The molecular weight excluding hydrogens is 112 g/mol. The van der Waals surface area contributed by atoms with Gasteiger partial charge in [0.25, 0.3) is 0 Å². The number of nitrogens with one attached hydrogen (secondary N) is 1. The number of hydrogen-bond donors (Lipinski definition) is 1. The fraction of sp³-hybridized carbons (Fsp3) is 0.143. The lowest BCUT2D eigenvalue weighted by atomic mass is 10.1. The summed E-state index contributed by atoms with van der Waals surface area (Å²) in [6.45, 7) is 0. The van der Waals surface area contributed by atoms with Crippen molar-refractivity contribution in [1.82, 2.24) is 0 Å². The molecule has 0 saturated carbocycles. The Morgan fingerprint density at radius 1 is 1.33 bits per heavy atom. The molecule has 0 unspecified atom stereocenters. The zero-order valence-electron chi connectivity index (χ0n) is 5.26. The van der Waals surface area contributed by atoms with E-state index in [0.29, 0.717) is 5.71 Å². The molecule has 0 heterocycles. The first-order chi connectivity index (χ1) is 4.34. The predicted molar refractivity (Wildman–Crippen MR) is 39.4 cm³/mol. The van der Waals surface area contributed by atoms with E-state index in [-0.39, 0.29) is 0 Å². The van der Waals surface area contributed by atoms with Crippen LogP contribution in [0.5, 0.6) is 0 Å². The molecule has 0 fully saturated rings. The van der Waals surface area contributed by atoms with Gasteiger partial charge < -0.3 is 0 Å². The molecule has 0 spiro atoms. The van der Waals surface area contributed by atoms with Gasteiger partial charge in [-0.2, -0.15) is 0 Å². The Hall–Kier alpha value is -1.18. The zero-order chi connectivity index (χ0) is 6.69. The third-order valence-electron chi connectivity index (χ3n) is 1.14. The molecule has 46 valence electrons. The molecule has 0 bridgehead atoms. The summed E-state index contributed by atoms with van der Waals surface area (Å²) >= 11 is 0. The van der Waals surface area contributed by atoms with Crippen LogP contribution in [-0.2, 0) is 0 Å². The lowest BCUT2D eigenvalue weighted by Crippen LogP contribution is -2.08. The van der Waals surface area contributed by atoms with Crippen molar-refractivity contribution in [2.45, 2.75) is 0 Å². The molecule has 0 radical (unpaired) electrons. The third kappa shape index (κ3) is 1.13. The van der Waals surface area contributed by atoms with Crippen LogP contribution in [0.4, 0.5) is 0 Å². The highest BCUT2D eigenvalue weighted by Crippen LogP contribution is 1.94. The van der Waals surface area contributed by atoms with Crippen LogP contribution in [0.25, 0.3) is 0 Å². The molecule has 0 atom stereocenters. The smallest absolute Gasteiger partial charge is 0.0820 e.